The van der Waals surface area contributed by atoms with Crippen molar-refractivity contribution in [2.75, 3.05) is 13.1 Å². The Labute approximate surface area is 207 Å². The summed E-state index contributed by atoms with van der Waals surface area (Å²) >= 11 is 11.5. The molecule has 0 radical (unpaired) electrons. The third-order valence-corrected chi connectivity index (χ3v) is 6.99. The van der Waals surface area contributed by atoms with Crippen LogP contribution in [-0.4, -0.2) is 42.0 Å². The van der Waals surface area contributed by atoms with Crippen molar-refractivity contribution in [1.29, 1.82) is 0 Å². The van der Waals surface area contributed by atoms with Gasteiger partial charge in [0.15, 0.2) is 0 Å². The first-order valence-corrected chi connectivity index (χ1v) is 13.3. The van der Waals surface area contributed by atoms with Gasteiger partial charge in [-0.1, -0.05) is 35.3 Å². The van der Waals surface area contributed by atoms with E-state index in [0.29, 0.717) is 0 Å². The van der Waals surface area contributed by atoms with Crippen LogP contribution in [0.15, 0.2) is 58.3 Å². The second-order valence-corrected chi connectivity index (χ2v) is 10.7. The molecular weight excluding hydrogens is 527 g/mol. The fraction of sp³-hybridized carbons (Fsp3) is 0.200. The van der Waals surface area contributed by atoms with E-state index in [1.54, 1.807) is 0 Å². The smallest absolute Gasteiger partial charge is 0.328 e. The highest BCUT2D eigenvalue weighted by molar-refractivity contribution is 7.90. The number of amides is 4. The van der Waals surface area contributed by atoms with Gasteiger partial charge in [-0.25, -0.2) is 35.9 Å². The van der Waals surface area contributed by atoms with Crippen molar-refractivity contribution in [1.82, 2.24) is 20.1 Å². The number of urea groups is 2. The van der Waals surface area contributed by atoms with Crippen molar-refractivity contribution < 1.29 is 26.4 Å². The second-order valence-electron chi connectivity index (χ2n) is 6.49. The number of sulfonamides is 2. The third kappa shape index (κ3) is 9.11. The van der Waals surface area contributed by atoms with Gasteiger partial charge >= 0.3 is 12.1 Å². The Balaban J connectivity index is 1.66. The molecule has 2 aromatic rings. The maximum Gasteiger partial charge on any atom is 0.328 e. The molecule has 2 aromatic carbocycles. The van der Waals surface area contributed by atoms with E-state index >= 15 is 0 Å². The predicted molar refractivity (Wildman–Crippen MR) is 127 cm³/mol. The molecule has 0 atom stereocenters. The molecule has 0 saturated heterocycles. The largest absolute Gasteiger partial charge is 0.336 e. The highest BCUT2D eigenvalue weighted by atomic mass is 35.5. The van der Waals surface area contributed by atoms with Crippen molar-refractivity contribution in [2.45, 2.75) is 22.6 Å². The van der Waals surface area contributed by atoms with Crippen molar-refractivity contribution in [3.05, 3.63) is 58.6 Å². The Morgan fingerprint density at radius 2 is 1.09 bits per heavy atom. The highest BCUT2D eigenvalue weighted by Gasteiger charge is 2.18. The van der Waals surface area contributed by atoms with E-state index in [9.17, 15) is 26.4 Å². The Hall–Kier alpha value is -2.98. The molecule has 0 aliphatic carbocycles. The minimum absolute atomic E-state index is 0.0791. The molecule has 4 amide bonds. The fourth-order valence-corrected chi connectivity index (χ4v) is 4.81. The van der Waals surface area contributed by atoms with E-state index in [1.165, 1.54) is 48.5 Å². The zero-order chi connectivity index (χ0) is 25.2. The zero-order valence-corrected chi connectivity index (χ0v) is 20.6. The minimum Gasteiger partial charge on any atom is -0.336 e. The summed E-state index contributed by atoms with van der Waals surface area (Å²) in [6, 6.07) is 9.09. The fourth-order valence-electron chi connectivity index (χ4n) is 2.36. The summed E-state index contributed by atoms with van der Waals surface area (Å²) in [5, 5.41) is 5.15. The third-order valence-electron chi connectivity index (χ3n) is 3.86. The molecular formula is C20H20Cl2N4O6S2. The molecule has 0 aliphatic heterocycles. The lowest BCUT2D eigenvalue weighted by Gasteiger charge is -2.08. The molecule has 0 aliphatic rings. The number of nitrogens with one attached hydrogen (secondary N) is 4. The van der Waals surface area contributed by atoms with Crippen molar-refractivity contribution in [2.24, 2.45) is 0 Å². The Morgan fingerprint density at radius 1 is 0.706 bits per heavy atom. The van der Waals surface area contributed by atoms with Gasteiger partial charge in [0.25, 0.3) is 20.0 Å². The zero-order valence-electron chi connectivity index (χ0n) is 17.5. The normalized spacial score (nSPS) is 11.0. The van der Waals surface area contributed by atoms with Gasteiger partial charge in [0.1, 0.15) is 0 Å². The van der Waals surface area contributed by atoms with Crippen molar-refractivity contribution in [3.8, 4) is 11.8 Å². The van der Waals surface area contributed by atoms with Crippen LogP contribution in [0.1, 0.15) is 12.8 Å². The second kappa shape index (κ2) is 12.5. The van der Waals surface area contributed by atoms with Crippen LogP contribution < -0.4 is 20.1 Å². The lowest BCUT2D eigenvalue weighted by Crippen LogP contribution is -2.39. The molecule has 34 heavy (non-hydrogen) atoms. The molecule has 0 heterocycles. The molecule has 14 heteroatoms. The quantitative estimate of drug-likeness (QED) is 0.295. The van der Waals surface area contributed by atoms with E-state index in [2.05, 4.69) is 22.5 Å². The van der Waals surface area contributed by atoms with Crippen LogP contribution in [-0.2, 0) is 20.0 Å². The van der Waals surface area contributed by atoms with Gasteiger partial charge in [0.05, 0.1) is 9.79 Å². The van der Waals surface area contributed by atoms with Crippen LogP contribution in [0, 0.1) is 11.8 Å². The number of rotatable bonds is 8. The lowest BCUT2D eigenvalue weighted by atomic mass is 10.3. The van der Waals surface area contributed by atoms with E-state index in [0.717, 1.165) is 0 Å². The summed E-state index contributed by atoms with van der Waals surface area (Å²) in [5.74, 6) is 5.47. The molecule has 10 nitrogen and oxygen atoms in total. The molecule has 0 saturated carbocycles. The number of carbonyl (C=O) groups is 2. The number of benzene rings is 2. The topological polar surface area (TPSA) is 151 Å². The summed E-state index contributed by atoms with van der Waals surface area (Å²) in [7, 11) is -8.11. The minimum atomic E-state index is -4.06. The predicted octanol–water partition coefficient (Wildman–Crippen LogP) is 2.45. The lowest BCUT2D eigenvalue weighted by molar-refractivity contribution is 0.245. The van der Waals surface area contributed by atoms with Crippen molar-refractivity contribution >= 4 is 55.3 Å². The Bertz CT molecular complexity index is 1220. The highest BCUT2D eigenvalue weighted by Crippen LogP contribution is 2.15. The number of hydrogen-bond donors (Lipinski definition) is 4. The van der Waals surface area contributed by atoms with Gasteiger partial charge in [0.2, 0.25) is 0 Å². The van der Waals surface area contributed by atoms with Gasteiger partial charge < -0.3 is 10.6 Å². The maximum atomic E-state index is 12.1. The average Bonchev–Trinajstić information content (AvgIpc) is 2.75. The van der Waals surface area contributed by atoms with E-state index in [1.807, 2.05) is 9.44 Å². The van der Waals surface area contributed by atoms with E-state index in [4.69, 9.17) is 23.2 Å². The summed E-state index contributed by atoms with van der Waals surface area (Å²) in [6.45, 7) is 0.158. The maximum absolute atomic E-state index is 12.1. The van der Waals surface area contributed by atoms with E-state index < -0.39 is 32.1 Å². The molecule has 0 spiro atoms. The molecule has 0 bridgehead atoms. The van der Waals surface area contributed by atoms with Crippen LogP contribution >= 0.6 is 23.2 Å². The van der Waals surface area contributed by atoms with Crippen LogP contribution in [0.3, 0.4) is 0 Å². The molecule has 0 fully saturated rings. The first-order valence-electron chi connectivity index (χ1n) is 9.58. The number of hydrogen-bond acceptors (Lipinski definition) is 6. The first kappa shape index (κ1) is 27.3. The van der Waals surface area contributed by atoms with Gasteiger partial charge in [0, 0.05) is 36.0 Å². The monoisotopic (exact) mass is 546 g/mol. The van der Waals surface area contributed by atoms with Gasteiger partial charge in [-0.2, -0.15) is 0 Å². The van der Waals surface area contributed by atoms with Crippen molar-refractivity contribution in [3.63, 3.8) is 0 Å². The summed E-state index contributed by atoms with van der Waals surface area (Å²) in [5.41, 5.74) is 0. The van der Waals surface area contributed by atoms with Gasteiger partial charge in [-0.05, 0) is 36.4 Å². The molecule has 0 unspecified atom stereocenters. The van der Waals surface area contributed by atoms with Crippen LogP contribution in [0.4, 0.5) is 9.59 Å². The van der Waals surface area contributed by atoms with Gasteiger partial charge in [-0.15, -0.1) is 11.8 Å². The summed E-state index contributed by atoms with van der Waals surface area (Å²) in [6.07, 6.45) is 0.444. The van der Waals surface area contributed by atoms with Gasteiger partial charge in [-0.3, -0.25) is 0 Å². The summed E-state index contributed by atoms with van der Waals surface area (Å²) in [4.78, 5) is 23.2. The van der Waals surface area contributed by atoms with Crippen LogP contribution in [0.25, 0.3) is 0 Å². The average molecular weight is 547 g/mol. The SMILES string of the molecule is O=C(NCCC#CCCNC(=O)NS(=O)(=O)c1cccc(Cl)c1)NS(=O)(=O)c1cccc(Cl)c1. The molecule has 2 rings (SSSR count). The Kier molecular flexibility index (Phi) is 10.0. The standard InChI is InChI=1S/C20H20Cl2N4O6S2/c21-15-7-5-9-17(13-15)33(29,30)25-19(27)23-11-3-1-2-4-12-24-20(28)26-34(31,32)18-10-6-8-16(22)14-18/h5-10,13-14H,3-4,11-12H2,(H2,23,25,27)(H2,24,26,28). The van der Waals surface area contributed by atoms with E-state index in [-0.39, 0.29) is 45.8 Å². The first-order chi connectivity index (χ1) is 16.0. The molecule has 182 valence electrons. The van der Waals surface area contributed by atoms with Crippen LogP contribution in [0.5, 0.6) is 0 Å². The number of halogens is 2. The number of carbonyl (C=O) groups excluding carboxylic acids is 2. The Morgan fingerprint density at radius 3 is 1.44 bits per heavy atom. The molecule has 4 N–H and O–H groups in total. The summed E-state index contributed by atoms with van der Waals surface area (Å²) < 4.78 is 52.1. The molecule has 0 aromatic heterocycles. The van der Waals surface area contributed by atoms with Crippen LogP contribution in [0.2, 0.25) is 10.0 Å².